The first-order valence-corrected chi connectivity index (χ1v) is 10.7. The molecule has 0 heterocycles. The SMILES string of the molecule is NC(N)=NCCCC(NC(=O)C(N)CC(=O)O)C(=O)NC(CCC(=O)O)C(=O)NC(CC(=O)O)C(=O)O. The number of nitrogens with zero attached hydrogens (tertiary/aromatic N) is 1. The van der Waals surface area contributed by atoms with Crippen LogP contribution in [0.1, 0.15) is 38.5 Å². The first-order chi connectivity index (χ1) is 17.1. The molecule has 13 N–H and O–H groups in total. The highest BCUT2D eigenvalue weighted by Gasteiger charge is 2.31. The van der Waals surface area contributed by atoms with Crippen LogP contribution in [-0.4, -0.2) is 98.7 Å². The smallest absolute Gasteiger partial charge is 0.326 e. The highest BCUT2D eigenvalue weighted by molar-refractivity contribution is 5.95. The number of amides is 3. The highest BCUT2D eigenvalue weighted by Crippen LogP contribution is 2.05. The normalized spacial score (nSPS) is 13.6. The third-order valence-electron chi connectivity index (χ3n) is 4.58. The number of aliphatic carboxylic acids is 4. The van der Waals surface area contributed by atoms with E-state index in [-0.39, 0.29) is 25.3 Å². The fraction of sp³-hybridized carbons (Fsp3) is 0.579. The van der Waals surface area contributed by atoms with Crippen molar-refractivity contribution in [3.05, 3.63) is 0 Å². The van der Waals surface area contributed by atoms with Crippen LogP contribution in [-0.2, 0) is 33.6 Å². The van der Waals surface area contributed by atoms with E-state index in [1.165, 1.54) is 0 Å². The second-order valence-electron chi connectivity index (χ2n) is 7.71. The monoisotopic (exact) mass is 533 g/mol. The lowest BCUT2D eigenvalue weighted by atomic mass is 10.1. The maximum absolute atomic E-state index is 12.9. The fourth-order valence-corrected chi connectivity index (χ4v) is 2.79. The molecule has 0 aliphatic heterocycles. The predicted octanol–water partition coefficient (Wildman–Crippen LogP) is -4.28. The van der Waals surface area contributed by atoms with Gasteiger partial charge in [-0.05, 0) is 19.3 Å². The summed E-state index contributed by atoms with van der Waals surface area (Å²) in [6, 6.07) is -6.44. The molecule has 0 aliphatic rings. The zero-order chi connectivity index (χ0) is 28.7. The van der Waals surface area contributed by atoms with Crippen molar-refractivity contribution in [1.82, 2.24) is 16.0 Å². The number of carbonyl (C=O) groups is 7. The van der Waals surface area contributed by atoms with Gasteiger partial charge in [-0.1, -0.05) is 0 Å². The number of hydrogen-bond donors (Lipinski definition) is 10. The van der Waals surface area contributed by atoms with Gasteiger partial charge in [0.1, 0.15) is 18.1 Å². The summed E-state index contributed by atoms with van der Waals surface area (Å²) in [7, 11) is 0. The number of nitrogens with two attached hydrogens (primary N) is 3. The average Bonchev–Trinajstić information content (AvgIpc) is 2.76. The van der Waals surface area contributed by atoms with Gasteiger partial charge in [-0.2, -0.15) is 0 Å². The lowest BCUT2D eigenvalue weighted by molar-refractivity contribution is -0.147. The predicted molar refractivity (Wildman–Crippen MR) is 123 cm³/mol. The lowest BCUT2D eigenvalue weighted by Gasteiger charge is -2.24. The van der Waals surface area contributed by atoms with Crippen LogP contribution in [0.5, 0.6) is 0 Å². The Labute approximate surface area is 209 Å². The van der Waals surface area contributed by atoms with E-state index < -0.39 is 91.4 Å². The Kier molecular flexibility index (Phi) is 14.3. The molecule has 0 fully saturated rings. The molecule has 0 aromatic rings. The van der Waals surface area contributed by atoms with Gasteiger partial charge in [0.25, 0.3) is 0 Å². The zero-order valence-corrected chi connectivity index (χ0v) is 19.6. The summed E-state index contributed by atoms with van der Waals surface area (Å²) in [5.41, 5.74) is 15.9. The number of rotatable bonds is 18. The first kappa shape index (κ1) is 32.5. The van der Waals surface area contributed by atoms with E-state index in [0.717, 1.165) is 0 Å². The van der Waals surface area contributed by atoms with E-state index >= 15 is 0 Å². The van der Waals surface area contributed by atoms with E-state index in [1.807, 2.05) is 5.32 Å². The Hall–Kier alpha value is -4.48. The molecular formula is C19H31N7O11. The molecular weight excluding hydrogens is 502 g/mol. The van der Waals surface area contributed by atoms with Crippen molar-refractivity contribution in [2.45, 2.75) is 62.7 Å². The zero-order valence-electron chi connectivity index (χ0n) is 19.6. The molecule has 0 rings (SSSR count). The van der Waals surface area contributed by atoms with E-state index in [4.69, 9.17) is 37.6 Å². The molecule has 0 saturated carbocycles. The lowest BCUT2D eigenvalue weighted by Crippen LogP contribution is -2.57. The number of carboxylic acids is 4. The van der Waals surface area contributed by atoms with Crippen molar-refractivity contribution in [1.29, 1.82) is 0 Å². The van der Waals surface area contributed by atoms with E-state index in [0.29, 0.717) is 0 Å². The summed E-state index contributed by atoms with van der Waals surface area (Å²) >= 11 is 0. The molecule has 4 atom stereocenters. The van der Waals surface area contributed by atoms with Crippen LogP contribution < -0.4 is 33.2 Å². The van der Waals surface area contributed by atoms with Gasteiger partial charge in [0, 0.05) is 13.0 Å². The number of aliphatic imine (C=N–C) groups is 1. The number of nitrogens with one attached hydrogen (secondary N) is 3. The van der Waals surface area contributed by atoms with Crippen molar-refractivity contribution >= 4 is 47.6 Å². The van der Waals surface area contributed by atoms with Crippen LogP contribution in [0.2, 0.25) is 0 Å². The molecule has 0 bridgehead atoms. The second kappa shape index (κ2) is 16.2. The molecule has 0 radical (unpaired) electrons. The molecule has 0 aliphatic carbocycles. The minimum absolute atomic E-state index is 0.0293. The van der Waals surface area contributed by atoms with Crippen LogP contribution in [0.3, 0.4) is 0 Å². The third kappa shape index (κ3) is 14.5. The molecule has 18 nitrogen and oxygen atoms in total. The van der Waals surface area contributed by atoms with Crippen molar-refractivity contribution in [2.75, 3.05) is 6.54 Å². The summed E-state index contributed by atoms with van der Waals surface area (Å²) in [6.07, 6.45) is -2.91. The standard InChI is InChI=1S/C19H31N7O11/c20-8(6-13(29)30)15(33)24-9(2-1-5-23-19(21)22)16(34)25-10(3-4-12(27)28)17(35)26-11(18(36)37)7-14(31)32/h8-11H,1-7,20H2,(H,24,33)(H,25,34)(H,26,35)(H,27,28)(H,29,30)(H,31,32)(H,36,37)(H4,21,22,23). The summed E-state index contributed by atoms with van der Waals surface area (Å²) in [5, 5.41) is 42.0. The first-order valence-electron chi connectivity index (χ1n) is 10.7. The summed E-state index contributed by atoms with van der Waals surface area (Å²) < 4.78 is 0. The van der Waals surface area contributed by atoms with Crippen molar-refractivity contribution in [3.63, 3.8) is 0 Å². The minimum Gasteiger partial charge on any atom is -0.481 e. The summed E-state index contributed by atoms with van der Waals surface area (Å²) in [4.78, 5) is 85.4. The second-order valence-corrected chi connectivity index (χ2v) is 7.71. The number of carboxylic acid groups (broad SMARTS) is 4. The van der Waals surface area contributed by atoms with Gasteiger partial charge in [-0.15, -0.1) is 0 Å². The van der Waals surface area contributed by atoms with Crippen molar-refractivity contribution < 1.29 is 54.0 Å². The minimum atomic E-state index is -1.88. The Morgan fingerprint density at radius 3 is 1.62 bits per heavy atom. The topological polar surface area (TPSA) is 327 Å². The average molecular weight is 533 g/mol. The van der Waals surface area contributed by atoms with Crippen molar-refractivity contribution in [3.8, 4) is 0 Å². The van der Waals surface area contributed by atoms with Crippen LogP contribution in [0, 0.1) is 0 Å². The van der Waals surface area contributed by atoms with Crippen LogP contribution in [0.4, 0.5) is 0 Å². The Morgan fingerprint density at radius 2 is 1.16 bits per heavy atom. The molecule has 18 heteroatoms. The molecule has 4 unspecified atom stereocenters. The summed E-state index contributed by atoms with van der Waals surface area (Å²) in [6.45, 7) is 0.0293. The number of hydrogen-bond acceptors (Lipinski definition) is 9. The maximum Gasteiger partial charge on any atom is 0.326 e. The van der Waals surface area contributed by atoms with E-state index in [2.05, 4.69) is 15.6 Å². The van der Waals surface area contributed by atoms with Crippen molar-refractivity contribution in [2.24, 2.45) is 22.2 Å². The number of guanidine groups is 1. The van der Waals surface area contributed by atoms with Gasteiger partial charge < -0.3 is 53.6 Å². The fourth-order valence-electron chi connectivity index (χ4n) is 2.79. The molecule has 0 spiro atoms. The summed E-state index contributed by atoms with van der Waals surface area (Å²) in [5.74, 6) is -9.41. The highest BCUT2D eigenvalue weighted by atomic mass is 16.4. The quantitative estimate of drug-likeness (QED) is 0.0453. The Morgan fingerprint density at radius 1 is 0.676 bits per heavy atom. The van der Waals surface area contributed by atoms with Gasteiger partial charge in [0.05, 0.1) is 18.9 Å². The molecule has 0 aromatic heterocycles. The van der Waals surface area contributed by atoms with Gasteiger partial charge in [-0.3, -0.25) is 33.8 Å². The molecule has 0 aromatic carbocycles. The number of carbonyl (C=O) groups excluding carboxylic acids is 3. The Balaban J connectivity index is 5.72. The maximum atomic E-state index is 12.9. The van der Waals surface area contributed by atoms with Crippen LogP contribution >= 0.6 is 0 Å². The third-order valence-corrected chi connectivity index (χ3v) is 4.58. The van der Waals surface area contributed by atoms with Crippen LogP contribution in [0.15, 0.2) is 4.99 Å². The molecule has 208 valence electrons. The van der Waals surface area contributed by atoms with Gasteiger partial charge >= 0.3 is 23.9 Å². The molecule has 3 amide bonds. The Bertz CT molecular complexity index is 905. The largest absolute Gasteiger partial charge is 0.481 e. The molecule has 37 heavy (non-hydrogen) atoms. The van der Waals surface area contributed by atoms with E-state index in [1.54, 1.807) is 0 Å². The molecule has 0 saturated heterocycles. The van der Waals surface area contributed by atoms with Gasteiger partial charge in [0.2, 0.25) is 17.7 Å². The van der Waals surface area contributed by atoms with Crippen LogP contribution in [0.25, 0.3) is 0 Å². The van der Waals surface area contributed by atoms with Gasteiger partial charge in [-0.25, -0.2) is 4.79 Å². The van der Waals surface area contributed by atoms with Gasteiger partial charge in [0.15, 0.2) is 5.96 Å². The van der Waals surface area contributed by atoms with E-state index in [9.17, 15) is 33.6 Å².